The van der Waals surface area contributed by atoms with E-state index in [1.54, 1.807) is 0 Å². The quantitative estimate of drug-likeness (QED) is 0.855. The minimum Gasteiger partial charge on any atom is -0.368 e. The summed E-state index contributed by atoms with van der Waals surface area (Å²) in [5.74, 6) is 0.125. The molecule has 3 rings (SSSR count). The highest BCUT2D eigenvalue weighted by Crippen LogP contribution is 2.18. The zero-order chi connectivity index (χ0) is 17.5. The van der Waals surface area contributed by atoms with Crippen LogP contribution >= 0.6 is 0 Å². The molecule has 5 heteroatoms. The van der Waals surface area contributed by atoms with Crippen LogP contribution in [0.3, 0.4) is 0 Å². The smallest absolute Gasteiger partial charge is 0.248 e. The molecule has 1 aromatic rings. The summed E-state index contributed by atoms with van der Waals surface area (Å²) in [6.45, 7) is 5.32. The van der Waals surface area contributed by atoms with Crippen LogP contribution in [0, 0.1) is 0 Å². The molecule has 2 aliphatic rings. The summed E-state index contributed by atoms with van der Waals surface area (Å²) < 4.78 is 5.82. The second kappa shape index (κ2) is 9.32. The minimum absolute atomic E-state index is 0.125. The Bertz CT molecular complexity index is 523. The van der Waals surface area contributed by atoms with Crippen molar-refractivity contribution in [1.29, 1.82) is 0 Å². The SMILES string of the molecule is CN(C(=O)COC1CCNCC1)C1CCN(Cc2ccccc2)CC1. The highest BCUT2D eigenvalue weighted by atomic mass is 16.5. The van der Waals surface area contributed by atoms with Gasteiger partial charge in [0, 0.05) is 32.7 Å². The van der Waals surface area contributed by atoms with Gasteiger partial charge < -0.3 is 15.0 Å². The highest BCUT2D eigenvalue weighted by Gasteiger charge is 2.26. The Hall–Kier alpha value is -1.43. The molecule has 25 heavy (non-hydrogen) atoms. The first-order valence-corrected chi connectivity index (χ1v) is 9.56. The van der Waals surface area contributed by atoms with Crippen molar-refractivity contribution in [3.63, 3.8) is 0 Å². The van der Waals surface area contributed by atoms with Gasteiger partial charge in [-0.05, 0) is 44.3 Å². The van der Waals surface area contributed by atoms with E-state index >= 15 is 0 Å². The van der Waals surface area contributed by atoms with Crippen molar-refractivity contribution in [2.75, 3.05) is 39.8 Å². The number of nitrogens with zero attached hydrogens (tertiary/aromatic N) is 2. The van der Waals surface area contributed by atoms with Crippen molar-refractivity contribution in [3.05, 3.63) is 35.9 Å². The van der Waals surface area contributed by atoms with Crippen molar-refractivity contribution < 1.29 is 9.53 Å². The average molecular weight is 345 g/mol. The van der Waals surface area contributed by atoms with E-state index in [0.29, 0.717) is 6.04 Å². The number of benzene rings is 1. The Labute approximate surface area is 151 Å². The van der Waals surface area contributed by atoms with Gasteiger partial charge in [-0.2, -0.15) is 0 Å². The number of hydrogen-bond acceptors (Lipinski definition) is 4. The Morgan fingerprint density at radius 3 is 2.52 bits per heavy atom. The third-order valence-electron chi connectivity index (χ3n) is 5.48. The van der Waals surface area contributed by atoms with Crippen LogP contribution in [0.15, 0.2) is 30.3 Å². The molecule has 0 unspecified atom stereocenters. The monoisotopic (exact) mass is 345 g/mol. The zero-order valence-corrected chi connectivity index (χ0v) is 15.3. The van der Waals surface area contributed by atoms with Crippen LogP contribution in [0.25, 0.3) is 0 Å². The van der Waals surface area contributed by atoms with Gasteiger partial charge in [-0.25, -0.2) is 0 Å². The maximum atomic E-state index is 12.4. The van der Waals surface area contributed by atoms with Gasteiger partial charge in [-0.15, -0.1) is 0 Å². The summed E-state index contributed by atoms with van der Waals surface area (Å²) in [5.41, 5.74) is 1.36. The molecule has 2 aliphatic heterocycles. The Kier molecular flexibility index (Phi) is 6.84. The van der Waals surface area contributed by atoms with Gasteiger partial charge in [0.25, 0.3) is 0 Å². The standard InChI is InChI=1S/C20H31N3O2/c1-22(20(24)16-25-19-7-11-21-12-8-19)18-9-13-23(14-10-18)15-17-5-3-2-4-6-17/h2-6,18-19,21H,7-16H2,1H3. The van der Waals surface area contributed by atoms with Gasteiger partial charge >= 0.3 is 0 Å². The fourth-order valence-corrected chi connectivity index (χ4v) is 3.76. The van der Waals surface area contributed by atoms with Crippen LogP contribution in [-0.4, -0.2) is 67.7 Å². The number of hydrogen-bond donors (Lipinski definition) is 1. The lowest BCUT2D eigenvalue weighted by atomic mass is 10.0. The molecule has 0 aromatic heterocycles. The largest absolute Gasteiger partial charge is 0.368 e. The van der Waals surface area contributed by atoms with Gasteiger partial charge in [0.1, 0.15) is 6.61 Å². The average Bonchev–Trinajstić information content (AvgIpc) is 2.68. The molecule has 0 spiro atoms. The number of likely N-dealkylation sites (N-methyl/N-ethyl adjacent to an activating group) is 1. The fourth-order valence-electron chi connectivity index (χ4n) is 3.76. The minimum atomic E-state index is 0.125. The predicted octanol–water partition coefficient (Wildman–Crippen LogP) is 1.88. The van der Waals surface area contributed by atoms with Crippen molar-refractivity contribution in [1.82, 2.24) is 15.1 Å². The topological polar surface area (TPSA) is 44.8 Å². The number of carbonyl (C=O) groups excluding carboxylic acids is 1. The zero-order valence-electron chi connectivity index (χ0n) is 15.3. The molecular weight excluding hydrogens is 314 g/mol. The lowest BCUT2D eigenvalue weighted by Crippen LogP contribution is -2.46. The maximum absolute atomic E-state index is 12.4. The molecule has 2 saturated heterocycles. The summed E-state index contributed by atoms with van der Waals surface area (Å²) >= 11 is 0. The van der Waals surface area contributed by atoms with E-state index < -0.39 is 0 Å². The van der Waals surface area contributed by atoms with Gasteiger partial charge in [0.2, 0.25) is 5.91 Å². The number of likely N-dealkylation sites (tertiary alicyclic amines) is 1. The highest BCUT2D eigenvalue weighted by molar-refractivity contribution is 5.77. The number of carbonyl (C=O) groups is 1. The van der Waals surface area contributed by atoms with Crippen molar-refractivity contribution in [3.8, 4) is 0 Å². The third kappa shape index (κ3) is 5.53. The lowest BCUT2D eigenvalue weighted by molar-refractivity contribution is -0.140. The molecule has 2 heterocycles. The Balaban J connectivity index is 1.38. The van der Waals surface area contributed by atoms with Gasteiger partial charge in [-0.3, -0.25) is 9.69 Å². The van der Waals surface area contributed by atoms with Gasteiger partial charge in [0.05, 0.1) is 6.10 Å². The number of nitrogens with one attached hydrogen (secondary N) is 1. The molecule has 0 aliphatic carbocycles. The third-order valence-corrected chi connectivity index (χ3v) is 5.48. The number of amides is 1. The van der Waals surface area contributed by atoms with Gasteiger partial charge in [0.15, 0.2) is 0 Å². The first-order chi connectivity index (χ1) is 12.2. The normalized spacial score (nSPS) is 20.5. The Morgan fingerprint density at radius 2 is 1.84 bits per heavy atom. The van der Waals surface area contributed by atoms with Gasteiger partial charge in [-0.1, -0.05) is 30.3 Å². The molecule has 2 fully saturated rings. The summed E-state index contributed by atoms with van der Waals surface area (Å²) in [6.07, 6.45) is 4.35. The van der Waals surface area contributed by atoms with Crippen LogP contribution in [0.4, 0.5) is 0 Å². The van der Waals surface area contributed by atoms with E-state index in [1.165, 1.54) is 5.56 Å². The molecule has 1 N–H and O–H groups in total. The summed E-state index contributed by atoms with van der Waals surface area (Å²) in [7, 11) is 1.94. The molecule has 1 aromatic carbocycles. The van der Waals surface area contributed by atoms with Crippen LogP contribution in [0.2, 0.25) is 0 Å². The molecule has 0 saturated carbocycles. The Morgan fingerprint density at radius 1 is 1.16 bits per heavy atom. The summed E-state index contributed by atoms with van der Waals surface area (Å²) in [4.78, 5) is 16.8. The predicted molar refractivity (Wildman–Crippen MR) is 99.4 cm³/mol. The summed E-state index contributed by atoms with van der Waals surface area (Å²) in [6, 6.07) is 11.0. The van der Waals surface area contributed by atoms with Crippen molar-refractivity contribution in [2.24, 2.45) is 0 Å². The fraction of sp³-hybridized carbons (Fsp3) is 0.650. The first-order valence-electron chi connectivity index (χ1n) is 9.56. The van der Waals surface area contributed by atoms with E-state index in [0.717, 1.165) is 58.4 Å². The second-order valence-corrected chi connectivity index (χ2v) is 7.26. The van der Waals surface area contributed by atoms with Crippen LogP contribution < -0.4 is 5.32 Å². The molecule has 0 atom stereocenters. The maximum Gasteiger partial charge on any atom is 0.248 e. The first kappa shape index (κ1) is 18.4. The molecular formula is C20H31N3O2. The number of piperidine rings is 2. The van der Waals surface area contributed by atoms with E-state index in [1.807, 2.05) is 11.9 Å². The van der Waals surface area contributed by atoms with Crippen LogP contribution in [0.1, 0.15) is 31.2 Å². The van der Waals surface area contributed by atoms with Crippen LogP contribution in [-0.2, 0) is 16.1 Å². The molecule has 1 amide bonds. The summed E-state index contributed by atoms with van der Waals surface area (Å²) in [5, 5.41) is 3.32. The van der Waals surface area contributed by atoms with Crippen molar-refractivity contribution in [2.45, 2.75) is 44.4 Å². The molecule has 5 nitrogen and oxygen atoms in total. The van der Waals surface area contributed by atoms with E-state index in [-0.39, 0.29) is 18.6 Å². The second-order valence-electron chi connectivity index (χ2n) is 7.26. The van der Waals surface area contributed by atoms with E-state index in [4.69, 9.17) is 4.74 Å². The van der Waals surface area contributed by atoms with E-state index in [2.05, 4.69) is 40.5 Å². The van der Waals surface area contributed by atoms with Crippen LogP contribution in [0.5, 0.6) is 0 Å². The van der Waals surface area contributed by atoms with E-state index in [9.17, 15) is 4.79 Å². The number of rotatable bonds is 6. The number of ether oxygens (including phenoxy) is 1. The van der Waals surface area contributed by atoms with Crippen molar-refractivity contribution >= 4 is 5.91 Å². The lowest BCUT2D eigenvalue weighted by Gasteiger charge is -2.37. The molecule has 0 radical (unpaired) electrons. The molecule has 138 valence electrons. The molecule has 0 bridgehead atoms.